The minimum atomic E-state index is -0.789. The average Bonchev–Trinajstić information content (AvgIpc) is 2.20. The van der Waals surface area contributed by atoms with Gasteiger partial charge in [0.05, 0.1) is 6.26 Å². The molecule has 0 radical (unpaired) electrons. The Morgan fingerprint density at radius 1 is 1.46 bits per heavy atom. The van der Waals surface area contributed by atoms with E-state index < -0.39 is 6.29 Å². The molecule has 0 bridgehead atoms. The van der Waals surface area contributed by atoms with Crippen molar-refractivity contribution >= 4 is 0 Å². The summed E-state index contributed by atoms with van der Waals surface area (Å²) in [6.45, 7) is 2.76. The largest absolute Gasteiger partial charge is 0.469 e. The second-order valence-electron chi connectivity index (χ2n) is 3.19. The van der Waals surface area contributed by atoms with Gasteiger partial charge in [0.25, 0.3) is 0 Å². The van der Waals surface area contributed by atoms with Crippen LogP contribution in [0.4, 0.5) is 0 Å². The van der Waals surface area contributed by atoms with Crippen molar-refractivity contribution in [3.63, 3.8) is 0 Å². The molecule has 0 aromatic rings. The summed E-state index contributed by atoms with van der Waals surface area (Å²) in [7, 11) is 0. The van der Waals surface area contributed by atoms with Crippen LogP contribution in [0.5, 0.6) is 0 Å². The summed E-state index contributed by atoms with van der Waals surface area (Å²) in [5, 5.41) is 16.1. The first-order valence-corrected chi connectivity index (χ1v) is 4.52. The lowest BCUT2D eigenvalue weighted by molar-refractivity contribution is -0.0284. The molecule has 2 unspecified atom stereocenters. The summed E-state index contributed by atoms with van der Waals surface area (Å²) in [6, 6.07) is 0.189. The third kappa shape index (κ3) is 1.91. The van der Waals surface area contributed by atoms with Gasteiger partial charge in [0.2, 0.25) is 6.29 Å². The highest BCUT2D eigenvalue weighted by atomic mass is 16.6. The molecule has 72 valence electrons. The van der Waals surface area contributed by atoms with Crippen LogP contribution in [0.25, 0.3) is 0 Å². The second-order valence-corrected chi connectivity index (χ2v) is 3.19. The predicted molar refractivity (Wildman–Crippen MR) is 49.0 cm³/mol. The van der Waals surface area contributed by atoms with Gasteiger partial charge in [-0.1, -0.05) is 6.08 Å². The van der Waals surface area contributed by atoms with Crippen LogP contribution in [0.15, 0.2) is 24.0 Å². The van der Waals surface area contributed by atoms with Crippen molar-refractivity contribution in [1.82, 2.24) is 10.6 Å². The van der Waals surface area contributed by atoms with Gasteiger partial charge in [-0.2, -0.15) is 0 Å². The Hall–Kier alpha value is -0.840. The maximum Gasteiger partial charge on any atom is 0.221 e. The highest BCUT2D eigenvalue weighted by Crippen LogP contribution is 2.14. The minimum Gasteiger partial charge on any atom is -0.469 e. The minimum absolute atomic E-state index is 0.189. The summed E-state index contributed by atoms with van der Waals surface area (Å²) < 4.78 is 4.98. The molecule has 13 heavy (non-hydrogen) atoms. The third-order valence-electron chi connectivity index (χ3n) is 2.30. The first-order valence-electron chi connectivity index (χ1n) is 4.52. The summed E-state index contributed by atoms with van der Waals surface area (Å²) in [4.78, 5) is 0. The van der Waals surface area contributed by atoms with Crippen molar-refractivity contribution in [2.75, 3.05) is 19.6 Å². The Morgan fingerprint density at radius 3 is 3.08 bits per heavy atom. The van der Waals surface area contributed by atoms with Gasteiger partial charge in [-0.3, -0.25) is 0 Å². The Balaban J connectivity index is 2.04. The van der Waals surface area contributed by atoms with Crippen LogP contribution in [0.1, 0.15) is 0 Å². The lowest BCUT2D eigenvalue weighted by Crippen LogP contribution is -2.51. The van der Waals surface area contributed by atoms with Crippen LogP contribution in [-0.4, -0.2) is 37.1 Å². The zero-order valence-electron chi connectivity index (χ0n) is 7.36. The molecule has 0 aliphatic carbocycles. The average molecular weight is 182 g/mol. The number of nitrogens with one attached hydrogen (secondary N) is 2. The van der Waals surface area contributed by atoms with E-state index in [9.17, 15) is 5.11 Å². The number of aliphatic hydroxyl groups excluding tert-OH is 1. The van der Waals surface area contributed by atoms with Crippen LogP contribution in [0.3, 0.4) is 0 Å². The van der Waals surface area contributed by atoms with E-state index in [2.05, 4.69) is 10.6 Å². The van der Waals surface area contributed by atoms with Crippen LogP contribution in [-0.2, 0) is 4.74 Å². The van der Waals surface area contributed by atoms with E-state index >= 15 is 0 Å². The van der Waals surface area contributed by atoms with E-state index in [0.29, 0.717) is 0 Å². The quantitative estimate of drug-likeness (QED) is 0.504. The molecule has 1 fully saturated rings. The normalized spacial score (nSPS) is 33.8. The monoisotopic (exact) mass is 182 g/mol. The summed E-state index contributed by atoms with van der Waals surface area (Å²) >= 11 is 0. The van der Waals surface area contributed by atoms with Gasteiger partial charge in [0, 0.05) is 31.2 Å². The van der Waals surface area contributed by atoms with Gasteiger partial charge >= 0.3 is 0 Å². The van der Waals surface area contributed by atoms with E-state index in [-0.39, 0.29) is 6.04 Å². The Kier molecular flexibility index (Phi) is 2.63. The first-order chi connectivity index (χ1) is 6.38. The van der Waals surface area contributed by atoms with Crippen LogP contribution in [0.2, 0.25) is 0 Å². The SMILES string of the molecule is OC1OC=CC=C1C1CNCCN1. The molecule has 4 nitrogen and oxygen atoms in total. The summed E-state index contributed by atoms with van der Waals surface area (Å²) in [5.41, 5.74) is 0.898. The zero-order chi connectivity index (χ0) is 9.10. The number of hydrogen-bond acceptors (Lipinski definition) is 4. The van der Waals surface area contributed by atoms with E-state index in [1.54, 1.807) is 6.08 Å². The van der Waals surface area contributed by atoms with Crippen LogP contribution < -0.4 is 10.6 Å². The van der Waals surface area contributed by atoms with Gasteiger partial charge in [-0.25, -0.2) is 0 Å². The highest BCUT2D eigenvalue weighted by Gasteiger charge is 2.23. The number of piperazine rings is 1. The zero-order valence-corrected chi connectivity index (χ0v) is 7.36. The fourth-order valence-electron chi connectivity index (χ4n) is 1.61. The first kappa shape index (κ1) is 8.74. The Labute approximate surface area is 77.3 Å². The molecule has 4 heteroatoms. The molecule has 3 N–H and O–H groups in total. The molecule has 2 aliphatic heterocycles. The van der Waals surface area contributed by atoms with Gasteiger partial charge in [-0.05, 0) is 6.08 Å². The van der Waals surface area contributed by atoms with Gasteiger partial charge in [-0.15, -0.1) is 0 Å². The van der Waals surface area contributed by atoms with E-state index in [4.69, 9.17) is 4.74 Å². The molecular weight excluding hydrogens is 168 g/mol. The highest BCUT2D eigenvalue weighted by molar-refractivity contribution is 5.23. The van der Waals surface area contributed by atoms with Crippen molar-refractivity contribution in [2.45, 2.75) is 12.3 Å². The Bertz CT molecular complexity index is 232. The molecule has 0 aromatic heterocycles. The van der Waals surface area contributed by atoms with Crippen molar-refractivity contribution in [3.8, 4) is 0 Å². The van der Waals surface area contributed by atoms with E-state index in [1.165, 1.54) is 6.26 Å². The molecular formula is C9H14N2O2. The van der Waals surface area contributed by atoms with Crippen molar-refractivity contribution in [3.05, 3.63) is 24.0 Å². The fourth-order valence-corrected chi connectivity index (χ4v) is 1.61. The maximum atomic E-state index is 9.51. The van der Waals surface area contributed by atoms with Crippen molar-refractivity contribution in [1.29, 1.82) is 0 Å². The van der Waals surface area contributed by atoms with Crippen LogP contribution in [0, 0.1) is 0 Å². The molecule has 2 rings (SSSR count). The second kappa shape index (κ2) is 3.91. The number of hydrogen-bond donors (Lipinski definition) is 3. The Morgan fingerprint density at radius 2 is 2.38 bits per heavy atom. The number of allylic oxidation sites excluding steroid dienone is 2. The smallest absolute Gasteiger partial charge is 0.221 e. The topological polar surface area (TPSA) is 53.5 Å². The van der Waals surface area contributed by atoms with Crippen LogP contribution >= 0.6 is 0 Å². The molecule has 2 heterocycles. The lowest BCUT2D eigenvalue weighted by Gasteiger charge is -2.29. The summed E-state index contributed by atoms with van der Waals surface area (Å²) in [5.74, 6) is 0. The number of rotatable bonds is 1. The molecule has 0 aromatic carbocycles. The number of aliphatic hydroxyl groups is 1. The van der Waals surface area contributed by atoms with Crippen molar-refractivity contribution in [2.24, 2.45) is 0 Å². The van der Waals surface area contributed by atoms with Crippen molar-refractivity contribution < 1.29 is 9.84 Å². The fraction of sp³-hybridized carbons (Fsp3) is 0.556. The molecule has 2 atom stereocenters. The van der Waals surface area contributed by atoms with E-state index in [1.807, 2.05) is 6.08 Å². The molecule has 0 amide bonds. The van der Waals surface area contributed by atoms with Gasteiger partial charge in [0.1, 0.15) is 0 Å². The molecule has 1 saturated heterocycles. The standard InChI is InChI=1S/C9H14N2O2/c12-9-7(2-1-5-13-9)8-6-10-3-4-11-8/h1-2,5,8-12H,3-4,6H2. The molecule has 0 saturated carbocycles. The third-order valence-corrected chi connectivity index (χ3v) is 2.30. The van der Waals surface area contributed by atoms with Gasteiger partial charge < -0.3 is 20.5 Å². The molecule has 0 spiro atoms. The molecule has 2 aliphatic rings. The maximum absolute atomic E-state index is 9.51. The number of ether oxygens (including phenoxy) is 1. The lowest BCUT2D eigenvalue weighted by atomic mass is 10.0. The predicted octanol–water partition coefficient (Wildman–Crippen LogP) is -0.663. The summed E-state index contributed by atoms with van der Waals surface area (Å²) in [6.07, 6.45) is 4.42. The van der Waals surface area contributed by atoms with E-state index in [0.717, 1.165) is 25.2 Å². The van der Waals surface area contributed by atoms with Gasteiger partial charge in [0.15, 0.2) is 0 Å².